The molecule has 3 fully saturated rings. The minimum absolute atomic E-state index is 0.208. The molecule has 1 aromatic rings. The van der Waals surface area contributed by atoms with Gasteiger partial charge in [0.1, 0.15) is 5.75 Å². The zero-order valence-corrected chi connectivity index (χ0v) is 16.2. The van der Waals surface area contributed by atoms with Crippen LogP contribution in [0.5, 0.6) is 5.75 Å². The highest BCUT2D eigenvalue weighted by Crippen LogP contribution is 2.58. The molecule has 0 unspecified atom stereocenters. The molecule has 1 saturated heterocycles. The van der Waals surface area contributed by atoms with Gasteiger partial charge in [0, 0.05) is 37.1 Å². The summed E-state index contributed by atoms with van der Waals surface area (Å²) in [6.45, 7) is 3.67. The first kappa shape index (κ1) is 17.9. The molecule has 0 aromatic heterocycles. The second-order valence-electron chi connectivity index (χ2n) is 9.44. The minimum atomic E-state index is -0.693. The van der Waals surface area contributed by atoms with Crippen LogP contribution in [-0.4, -0.2) is 59.0 Å². The van der Waals surface area contributed by atoms with Crippen molar-refractivity contribution in [2.75, 3.05) is 26.2 Å². The minimum Gasteiger partial charge on any atom is -0.508 e. The molecule has 0 radical (unpaired) electrons. The van der Waals surface area contributed by atoms with Gasteiger partial charge in [-0.15, -0.1) is 0 Å². The fourth-order valence-corrected chi connectivity index (χ4v) is 6.41. The number of nitrogens with one attached hydrogen (secondary N) is 1. The van der Waals surface area contributed by atoms with E-state index in [-0.39, 0.29) is 11.5 Å². The summed E-state index contributed by atoms with van der Waals surface area (Å²) in [4.78, 5) is 2.60. The Labute approximate surface area is 161 Å². The van der Waals surface area contributed by atoms with Gasteiger partial charge < -0.3 is 21.3 Å². The van der Waals surface area contributed by atoms with Crippen LogP contribution in [0.25, 0.3) is 0 Å². The first-order valence-electron chi connectivity index (χ1n) is 10.8. The SMILES string of the molecule is NCCN[C@@H]1CC[C@@]2(O)[C@H]3Cc4ccc(O)cc4[C@@]2(CCN3CC2CC2)C1. The molecule has 5 nitrogen and oxygen atoms in total. The standard InChI is InChI=1S/C22H33N3O2/c23-8-9-24-17-5-6-22(27)20-11-16-3-4-18(26)12-19(16)21(22,13-17)7-10-25(20)14-15-1-2-15/h3-4,12,15,17,20,24,26-27H,1-2,5-11,13-14,23H2/t17-,20-,21-,22-/m1/s1. The summed E-state index contributed by atoms with van der Waals surface area (Å²) in [6, 6.07) is 6.44. The van der Waals surface area contributed by atoms with Crippen LogP contribution < -0.4 is 11.1 Å². The molecular formula is C22H33N3O2. The van der Waals surface area contributed by atoms with Gasteiger partial charge >= 0.3 is 0 Å². The van der Waals surface area contributed by atoms with E-state index in [1.165, 1.54) is 24.0 Å². The molecule has 5 N–H and O–H groups in total. The second kappa shape index (κ2) is 6.45. The Balaban J connectivity index is 1.56. The number of benzene rings is 1. The summed E-state index contributed by atoms with van der Waals surface area (Å²) in [7, 11) is 0. The fraction of sp³-hybridized carbons (Fsp3) is 0.727. The normalized spacial score (nSPS) is 38.3. The molecule has 0 amide bonds. The van der Waals surface area contributed by atoms with E-state index in [1.807, 2.05) is 12.1 Å². The number of fused-ring (bicyclic) bond motifs is 1. The first-order chi connectivity index (χ1) is 13.1. The Morgan fingerprint density at radius 3 is 2.85 bits per heavy atom. The van der Waals surface area contributed by atoms with Crippen LogP contribution in [0.1, 0.15) is 49.7 Å². The zero-order valence-electron chi connectivity index (χ0n) is 16.2. The van der Waals surface area contributed by atoms with Gasteiger partial charge in [0.05, 0.1) is 5.60 Å². The van der Waals surface area contributed by atoms with Crippen molar-refractivity contribution in [3.8, 4) is 5.75 Å². The van der Waals surface area contributed by atoms with E-state index in [4.69, 9.17) is 5.73 Å². The Morgan fingerprint density at radius 1 is 1.22 bits per heavy atom. The van der Waals surface area contributed by atoms with E-state index in [2.05, 4.69) is 16.3 Å². The smallest absolute Gasteiger partial charge is 0.115 e. The van der Waals surface area contributed by atoms with Crippen molar-refractivity contribution in [1.82, 2.24) is 10.2 Å². The molecule has 148 valence electrons. The van der Waals surface area contributed by atoms with E-state index in [0.29, 0.717) is 18.3 Å². The fourth-order valence-electron chi connectivity index (χ4n) is 6.41. The molecule has 1 aromatic carbocycles. The third kappa shape index (κ3) is 2.74. The zero-order chi connectivity index (χ0) is 18.6. The summed E-state index contributed by atoms with van der Waals surface area (Å²) >= 11 is 0. The monoisotopic (exact) mass is 371 g/mol. The van der Waals surface area contributed by atoms with Crippen molar-refractivity contribution >= 4 is 0 Å². The molecule has 3 aliphatic carbocycles. The number of nitrogens with two attached hydrogens (primary N) is 1. The van der Waals surface area contributed by atoms with Gasteiger partial charge in [0.15, 0.2) is 0 Å². The van der Waals surface area contributed by atoms with E-state index in [1.54, 1.807) is 0 Å². The van der Waals surface area contributed by atoms with Crippen molar-refractivity contribution in [2.45, 2.75) is 68.0 Å². The third-order valence-corrected chi connectivity index (χ3v) is 7.90. The summed E-state index contributed by atoms with van der Waals surface area (Å²) in [6.07, 6.45) is 7.35. The molecule has 2 bridgehead atoms. The van der Waals surface area contributed by atoms with Crippen molar-refractivity contribution in [3.05, 3.63) is 29.3 Å². The molecule has 4 atom stereocenters. The van der Waals surface area contributed by atoms with Crippen LogP contribution in [0.15, 0.2) is 18.2 Å². The number of phenols is 1. The van der Waals surface area contributed by atoms with E-state index < -0.39 is 5.60 Å². The number of rotatable bonds is 5. The van der Waals surface area contributed by atoms with Gasteiger partial charge in [-0.3, -0.25) is 4.90 Å². The molecule has 5 heteroatoms. The number of hydrogen-bond donors (Lipinski definition) is 4. The van der Waals surface area contributed by atoms with Crippen LogP contribution >= 0.6 is 0 Å². The average molecular weight is 372 g/mol. The Morgan fingerprint density at radius 2 is 2.07 bits per heavy atom. The van der Waals surface area contributed by atoms with Gasteiger partial charge in [-0.25, -0.2) is 0 Å². The summed E-state index contributed by atoms with van der Waals surface area (Å²) in [5.41, 5.74) is 7.29. The number of nitrogens with zero attached hydrogens (tertiary/aromatic N) is 1. The van der Waals surface area contributed by atoms with E-state index in [0.717, 1.165) is 57.7 Å². The van der Waals surface area contributed by atoms with Crippen LogP contribution in [0.2, 0.25) is 0 Å². The van der Waals surface area contributed by atoms with Crippen LogP contribution in [0.3, 0.4) is 0 Å². The predicted octanol–water partition coefficient (Wildman–Crippen LogP) is 1.50. The second-order valence-corrected chi connectivity index (χ2v) is 9.44. The maximum absolute atomic E-state index is 12.2. The largest absolute Gasteiger partial charge is 0.508 e. The molecular weight excluding hydrogens is 338 g/mol. The molecule has 0 spiro atoms. The van der Waals surface area contributed by atoms with E-state index in [9.17, 15) is 10.2 Å². The van der Waals surface area contributed by atoms with Crippen molar-refractivity contribution in [1.29, 1.82) is 0 Å². The maximum atomic E-state index is 12.2. The van der Waals surface area contributed by atoms with Crippen molar-refractivity contribution in [3.63, 3.8) is 0 Å². The number of aromatic hydroxyl groups is 1. The van der Waals surface area contributed by atoms with Crippen molar-refractivity contribution in [2.24, 2.45) is 11.7 Å². The number of piperidine rings is 1. The highest BCUT2D eigenvalue weighted by atomic mass is 16.3. The summed E-state index contributed by atoms with van der Waals surface area (Å²) in [5.74, 6) is 1.16. The Kier molecular flexibility index (Phi) is 4.28. The first-order valence-corrected chi connectivity index (χ1v) is 10.8. The predicted molar refractivity (Wildman–Crippen MR) is 106 cm³/mol. The lowest BCUT2D eigenvalue weighted by Crippen LogP contribution is -2.74. The van der Waals surface area contributed by atoms with Gasteiger partial charge in [-0.2, -0.15) is 0 Å². The van der Waals surface area contributed by atoms with Gasteiger partial charge in [-0.1, -0.05) is 6.07 Å². The molecule has 1 aliphatic heterocycles. The third-order valence-electron chi connectivity index (χ3n) is 7.90. The van der Waals surface area contributed by atoms with Crippen LogP contribution in [0.4, 0.5) is 0 Å². The lowest BCUT2D eigenvalue weighted by atomic mass is 9.49. The summed E-state index contributed by atoms with van der Waals surface area (Å²) < 4.78 is 0. The van der Waals surface area contributed by atoms with E-state index >= 15 is 0 Å². The maximum Gasteiger partial charge on any atom is 0.115 e. The topological polar surface area (TPSA) is 81.8 Å². The molecule has 27 heavy (non-hydrogen) atoms. The number of phenolic OH excluding ortho intramolecular Hbond substituents is 1. The summed E-state index contributed by atoms with van der Waals surface area (Å²) in [5, 5.41) is 26.0. The van der Waals surface area contributed by atoms with Crippen LogP contribution in [0, 0.1) is 5.92 Å². The lowest BCUT2D eigenvalue weighted by molar-refractivity contribution is -0.170. The highest BCUT2D eigenvalue weighted by molar-refractivity contribution is 5.48. The van der Waals surface area contributed by atoms with Gasteiger partial charge in [-0.05, 0) is 80.7 Å². The van der Waals surface area contributed by atoms with Gasteiger partial charge in [0.25, 0.3) is 0 Å². The number of likely N-dealkylation sites (tertiary alicyclic amines) is 1. The Bertz CT molecular complexity index is 722. The number of hydrogen-bond acceptors (Lipinski definition) is 5. The Hall–Kier alpha value is -1.14. The molecule has 5 rings (SSSR count). The highest BCUT2D eigenvalue weighted by Gasteiger charge is 2.64. The van der Waals surface area contributed by atoms with Crippen LogP contribution in [-0.2, 0) is 11.8 Å². The van der Waals surface area contributed by atoms with Crippen molar-refractivity contribution < 1.29 is 10.2 Å². The molecule has 4 aliphatic rings. The van der Waals surface area contributed by atoms with Gasteiger partial charge in [0.2, 0.25) is 0 Å². The quantitative estimate of drug-likeness (QED) is 0.631. The average Bonchev–Trinajstić information content (AvgIpc) is 3.47. The number of aliphatic hydroxyl groups is 1. The molecule has 1 heterocycles. The molecule has 2 saturated carbocycles. The lowest BCUT2D eigenvalue weighted by Gasteiger charge is -2.65.